The lowest BCUT2D eigenvalue weighted by Crippen LogP contribution is -2.37. The highest BCUT2D eigenvalue weighted by atomic mass is 16.5. The minimum atomic E-state index is -0.516. The van der Waals surface area contributed by atoms with Crippen LogP contribution in [-0.2, 0) is 0 Å². The van der Waals surface area contributed by atoms with Crippen molar-refractivity contribution in [1.29, 1.82) is 0 Å². The van der Waals surface area contributed by atoms with Crippen LogP contribution in [-0.4, -0.2) is 17.8 Å². The molecule has 0 saturated heterocycles. The number of anilines is 1. The SMILES string of the molecule is CCNC(=O)N(O)c1cccc(C)c1. The Morgan fingerprint density at radius 2 is 2.29 bits per heavy atom. The van der Waals surface area contributed by atoms with Gasteiger partial charge < -0.3 is 5.32 Å². The number of carbonyl (C=O) groups excluding carboxylic acids is 1. The van der Waals surface area contributed by atoms with Gasteiger partial charge in [0.15, 0.2) is 0 Å². The van der Waals surface area contributed by atoms with Crippen LogP contribution < -0.4 is 10.4 Å². The van der Waals surface area contributed by atoms with Crippen LogP contribution in [0.25, 0.3) is 0 Å². The summed E-state index contributed by atoms with van der Waals surface area (Å²) in [7, 11) is 0. The van der Waals surface area contributed by atoms with Gasteiger partial charge in [0.1, 0.15) is 0 Å². The smallest absolute Gasteiger partial charge is 0.336 e. The molecule has 1 aromatic carbocycles. The van der Waals surface area contributed by atoms with E-state index in [0.29, 0.717) is 17.3 Å². The van der Waals surface area contributed by atoms with E-state index in [0.717, 1.165) is 5.56 Å². The number of nitrogens with one attached hydrogen (secondary N) is 1. The first-order chi connectivity index (χ1) is 6.65. The lowest BCUT2D eigenvalue weighted by atomic mass is 10.2. The van der Waals surface area contributed by atoms with Crippen molar-refractivity contribution in [2.45, 2.75) is 13.8 Å². The van der Waals surface area contributed by atoms with Crippen LogP contribution in [0.15, 0.2) is 24.3 Å². The van der Waals surface area contributed by atoms with E-state index in [4.69, 9.17) is 0 Å². The fraction of sp³-hybridized carbons (Fsp3) is 0.300. The summed E-state index contributed by atoms with van der Waals surface area (Å²) < 4.78 is 0. The van der Waals surface area contributed by atoms with Crippen molar-refractivity contribution < 1.29 is 10.0 Å². The fourth-order valence-corrected chi connectivity index (χ4v) is 1.10. The third kappa shape index (κ3) is 2.47. The first kappa shape index (κ1) is 10.5. The minimum Gasteiger partial charge on any atom is -0.336 e. The summed E-state index contributed by atoms with van der Waals surface area (Å²) >= 11 is 0. The number of hydrogen-bond donors (Lipinski definition) is 2. The van der Waals surface area contributed by atoms with Crippen molar-refractivity contribution in [1.82, 2.24) is 5.32 Å². The quantitative estimate of drug-likeness (QED) is 0.558. The van der Waals surface area contributed by atoms with Gasteiger partial charge in [-0.25, -0.2) is 4.79 Å². The average molecular weight is 194 g/mol. The van der Waals surface area contributed by atoms with Crippen LogP contribution in [0, 0.1) is 6.92 Å². The Balaban J connectivity index is 2.78. The van der Waals surface area contributed by atoms with Crippen molar-refractivity contribution in [2.24, 2.45) is 0 Å². The molecule has 1 rings (SSSR count). The van der Waals surface area contributed by atoms with Crippen LogP contribution >= 0.6 is 0 Å². The number of urea groups is 1. The van der Waals surface area contributed by atoms with Crippen LogP contribution in [0.4, 0.5) is 10.5 Å². The molecule has 0 aliphatic rings. The molecule has 4 heteroatoms. The normalized spacial score (nSPS) is 9.64. The summed E-state index contributed by atoms with van der Waals surface area (Å²) in [5.74, 6) is 0. The summed E-state index contributed by atoms with van der Waals surface area (Å²) in [5, 5.41) is 12.6. The first-order valence-corrected chi connectivity index (χ1v) is 4.48. The van der Waals surface area contributed by atoms with Gasteiger partial charge in [-0.2, -0.15) is 5.06 Å². The molecule has 14 heavy (non-hydrogen) atoms. The molecule has 2 N–H and O–H groups in total. The highest BCUT2D eigenvalue weighted by molar-refractivity contribution is 5.89. The van der Waals surface area contributed by atoms with Gasteiger partial charge >= 0.3 is 6.03 Å². The van der Waals surface area contributed by atoms with Crippen molar-refractivity contribution in [3.63, 3.8) is 0 Å². The van der Waals surface area contributed by atoms with Gasteiger partial charge in [0.25, 0.3) is 0 Å². The zero-order valence-corrected chi connectivity index (χ0v) is 8.32. The molecule has 0 fully saturated rings. The lowest BCUT2D eigenvalue weighted by molar-refractivity contribution is 0.205. The maximum absolute atomic E-state index is 11.2. The second-order valence-corrected chi connectivity index (χ2v) is 2.99. The summed E-state index contributed by atoms with van der Waals surface area (Å²) in [6.07, 6.45) is 0. The topological polar surface area (TPSA) is 52.6 Å². The maximum Gasteiger partial charge on any atom is 0.345 e. The van der Waals surface area contributed by atoms with Crippen molar-refractivity contribution >= 4 is 11.7 Å². The third-order valence-corrected chi connectivity index (χ3v) is 1.77. The molecule has 0 atom stereocenters. The monoisotopic (exact) mass is 194 g/mol. The number of hydroxylamine groups is 1. The lowest BCUT2D eigenvalue weighted by Gasteiger charge is -2.15. The Kier molecular flexibility index (Phi) is 3.48. The van der Waals surface area contributed by atoms with Gasteiger partial charge in [0.05, 0.1) is 5.69 Å². The molecule has 0 aliphatic heterocycles. The van der Waals surface area contributed by atoms with Crippen LogP contribution in [0.5, 0.6) is 0 Å². The molecule has 0 spiro atoms. The van der Waals surface area contributed by atoms with Crippen molar-refractivity contribution in [3.05, 3.63) is 29.8 Å². The first-order valence-electron chi connectivity index (χ1n) is 4.48. The van der Waals surface area contributed by atoms with Crippen molar-refractivity contribution in [2.75, 3.05) is 11.6 Å². The molecular weight excluding hydrogens is 180 g/mol. The van der Waals surface area contributed by atoms with Crippen LogP contribution in [0.2, 0.25) is 0 Å². The second-order valence-electron chi connectivity index (χ2n) is 2.99. The molecule has 2 amide bonds. The fourth-order valence-electron chi connectivity index (χ4n) is 1.10. The molecule has 0 bridgehead atoms. The van der Waals surface area contributed by atoms with E-state index >= 15 is 0 Å². The van der Waals surface area contributed by atoms with E-state index in [-0.39, 0.29) is 0 Å². The molecule has 4 nitrogen and oxygen atoms in total. The van der Waals surface area contributed by atoms with Gasteiger partial charge in [-0.15, -0.1) is 0 Å². The largest absolute Gasteiger partial charge is 0.345 e. The van der Waals surface area contributed by atoms with Gasteiger partial charge in [0.2, 0.25) is 0 Å². The standard InChI is InChI=1S/C10H14N2O2/c1-3-11-10(13)12(14)9-6-4-5-8(2)7-9/h4-7,14H,3H2,1-2H3,(H,11,13). The second kappa shape index (κ2) is 4.62. The molecule has 76 valence electrons. The average Bonchev–Trinajstić information content (AvgIpc) is 2.17. The number of rotatable bonds is 2. The van der Waals surface area contributed by atoms with Gasteiger partial charge in [-0.3, -0.25) is 5.21 Å². The van der Waals surface area contributed by atoms with E-state index in [2.05, 4.69) is 5.32 Å². The van der Waals surface area contributed by atoms with E-state index in [1.807, 2.05) is 13.0 Å². The van der Waals surface area contributed by atoms with Gasteiger partial charge in [-0.05, 0) is 31.5 Å². The Labute approximate surface area is 83.1 Å². The number of carbonyl (C=O) groups is 1. The molecular formula is C10H14N2O2. The van der Waals surface area contributed by atoms with E-state index in [1.165, 1.54) is 0 Å². The summed E-state index contributed by atoms with van der Waals surface area (Å²) in [4.78, 5) is 11.2. The minimum absolute atomic E-state index is 0.468. The number of hydrogen-bond acceptors (Lipinski definition) is 2. The Bertz CT molecular complexity index is 326. The summed E-state index contributed by atoms with van der Waals surface area (Å²) in [5.41, 5.74) is 1.46. The molecule has 0 radical (unpaired) electrons. The molecule has 0 aromatic heterocycles. The highest BCUT2D eigenvalue weighted by Crippen LogP contribution is 2.13. The van der Waals surface area contributed by atoms with E-state index in [1.54, 1.807) is 25.1 Å². The highest BCUT2D eigenvalue weighted by Gasteiger charge is 2.10. The number of aryl methyl sites for hydroxylation is 1. The van der Waals surface area contributed by atoms with E-state index in [9.17, 15) is 10.0 Å². The number of amides is 2. The Hall–Kier alpha value is -1.55. The molecule has 0 heterocycles. The summed E-state index contributed by atoms with van der Waals surface area (Å²) in [6, 6.07) is 6.57. The Morgan fingerprint density at radius 1 is 1.57 bits per heavy atom. The number of benzene rings is 1. The summed E-state index contributed by atoms with van der Waals surface area (Å²) in [6.45, 7) is 4.18. The maximum atomic E-state index is 11.2. The molecule has 0 unspecified atom stereocenters. The predicted molar refractivity (Wildman–Crippen MR) is 54.5 cm³/mol. The zero-order chi connectivity index (χ0) is 10.6. The molecule has 1 aromatic rings. The number of nitrogens with zero attached hydrogens (tertiary/aromatic N) is 1. The van der Waals surface area contributed by atoms with Crippen LogP contribution in [0.3, 0.4) is 0 Å². The van der Waals surface area contributed by atoms with Crippen molar-refractivity contribution in [3.8, 4) is 0 Å². The van der Waals surface area contributed by atoms with Gasteiger partial charge in [-0.1, -0.05) is 12.1 Å². The molecule has 0 aliphatic carbocycles. The zero-order valence-electron chi connectivity index (χ0n) is 8.32. The Morgan fingerprint density at radius 3 is 2.86 bits per heavy atom. The molecule has 0 saturated carbocycles. The van der Waals surface area contributed by atoms with E-state index < -0.39 is 6.03 Å². The third-order valence-electron chi connectivity index (χ3n) is 1.77. The predicted octanol–water partition coefficient (Wildman–Crippen LogP) is 1.92. The van der Waals surface area contributed by atoms with Gasteiger partial charge in [0, 0.05) is 6.54 Å². The van der Waals surface area contributed by atoms with Crippen LogP contribution in [0.1, 0.15) is 12.5 Å².